The van der Waals surface area contributed by atoms with Gasteiger partial charge in [0.25, 0.3) is 0 Å². The van der Waals surface area contributed by atoms with Gasteiger partial charge in [0.1, 0.15) is 0 Å². The van der Waals surface area contributed by atoms with E-state index in [0.29, 0.717) is 6.04 Å². The predicted molar refractivity (Wildman–Crippen MR) is 83.4 cm³/mol. The predicted octanol–water partition coefficient (Wildman–Crippen LogP) is 4.79. The number of hydrogen-bond acceptors (Lipinski definition) is 2. The van der Waals surface area contributed by atoms with Gasteiger partial charge < -0.3 is 5.32 Å². The molecule has 1 N–H and O–H groups in total. The summed E-state index contributed by atoms with van der Waals surface area (Å²) in [4.78, 5) is 4.56. The van der Waals surface area contributed by atoms with Crippen LogP contribution in [0.1, 0.15) is 76.1 Å². The second-order valence-electron chi connectivity index (χ2n) is 5.37. The van der Waals surface area contributed by atoms with E-state index in [9.17, 15) is 0 Å². The third-order valence-electron chi connectivity index (χ3n) is 3.68. The van der Waals surface area contributed by atoms with Crippen molar-refractivity contribution in [3.8, 4) is 0 Å². The third kappa shape index (κ3) is 6.20. The summed E-state index contributed by atoms with van der Waals surface area (Å²) >= 11 is 0. The molecular weight excluding hydrogens is 232 g/mol. The molecule has 1 heterocycles. The van der Waals surface area contributed by atoms with Crippen LogP contribution in [-0.2, 0) is 0 Å². The fraction of sp³-hybridized carbons (Fsp3) is 0.706. The zero-order valence-corrected chi connectivity index (χ0v) is 12.9. The lowest BCUT2D eigenvalue weighted by Gasteiger charge is -2.19. The fourth-order valence-electron chi connectivity index (χ4n) is 2.57. The van der Waals surface area contributed by atoms with E-state index in [1.54, 1.807) is 0 Å². The Kier molecular flexibility index (Phi) is 8.48. The average Bonchev–Trinajstić information content (AvgIpc) is 2.42. The lowest BCUT2D eigenvalue weighted by atomic mass is 10.0. The quantitative estimate of drug-likeness (QED) is 0.613. The molecule has 1 aromatic heterocycles. The molecule has 0 radical (unpaired) electrons. The second-order valence-corrected chi connectivity index (χ2v) is 5.37. The minimum absolute atomic E-state index is 0.428. The maximum atomic E-state index is 4.56. The Morgan fingerprint density at radius 1 is 1.11 bits per heavy atom. The number of nitrogens with zero attached hydrogens (tertiary/aromatic N) is 1. The van der Waals surface area contributed by atoms with E-state index < -0.39 is 0 Å². The Labute approximate surface area is 119 Å². The van der Waals surface area contributed by atoms with Gasteiger partial charge in [-0.2, -0.15) is 0 Å². The molecule has 2 heteroatoms. The van der Waals surface area contributed by atoms with Crippen LogP contribution < -0.4 is 5.32 Å². The van der Waals surface area contributed by atoms with Crippen molar-refractivity contribution in [2.24, 2.45) is 0 Å². The van der Waals surface area contributed by atoms with Gasteiger partial charge in [-0.15, -0.1) is 0 Å². The standard InChI is InChI=1S/C17H30N2/c1-4-6-7-8-9-10-13-16(18-5-2)17-15(3)12-11-14-19-17/h11-12,14,16,18H,4-10,13H2,1-3H3. The van der Waals surface area contributed by atoms with Gasteiger partial charge in [-0.25, -0.2) is 0 Å². The smallest absolute Gasteiger partial charge is 0.0602 e. The summed E-state index contributed by atoms with van der Waals surface area (Å²) < 4.78 is 0. The minimum atomic E-state index is 0.428. The minimum Gasteiger partial charge on any atom is -0.309 e. The van der Waals surface area contributed by atoms with Gasteiger partial charge in [-0.3, -0.25) is 4.98 Å². The van der Waals surface area contributed by atoms with Gasteiger partial charge >= 0.3 is 0 Å². The van der Waals surface area contributed by atoms with Gasteiger partial charge in [0.15, 0.2) is 0 Å². The number of hydrogen-bond donors (Lipinski definition) is 1. The molecule has 1 rings (SSSR count). The monoisotopic (exact) mass is 262 g/mol. The van der Waals surface area contributed by atoms with Crippen LogP contribution in [0.25, 0.3) is 0 Å². The van der Waals surface area contributed by atoms with Crippen molar-refractivity contribution in [3.05, 3.63) is 29.6 Å². The molecule has 0 saturated heterocycles. The lowest BCUT2D eigenvalue weighted by Crippen LogP contribution is -2.22. The zero-order valence-electron chi connectivity index (χ0n) is 12.9. The third-order valence-corrected chi connectivity index (χ3v) is 3.68. The molecule has 0 aromatic carbocycles. The van der Waals surface area contributed by atoms with Crippen LogP contribution in [0.4, 0.5) is 0 Å². The van der Waals surface area contributed by atoms with Gasteiger partial charge in [-0.05, 0) is 31.5 Å². The Balaban J connectivity index is 2.39. The fourth-order valence-corrected chi connectivity index (χ4v) is 2.57. The first-order chi connectivity index (χ1) is 9.29. The van der Waals surface area contributed by atoms with Crippen molar-refractivity contribution in [1.82, 2.24) is 10.3 Å². The first-order valence-electron chi connectivity index (χ1n) is 7.94. The van der Waals surface area contributed by atoms with E-state index in [1.807, 2.05) is 12.3 Å². The highest BCUT2D eigenvalue weighted by Gasteiger charge is 2.13. The Morgan fingerprint density at radius 2 is 1.84 bits per heavy atom. The van der Waals surface area contributed by atoms with Gasteiger partial charge in [0.2, 0.25) is 0 Å². The summed E-state index contributed by atoms with van der Waals surface area (Å²) in [7, 11) is 0. The van der Waals surface area contributed by atoms with Gasteiger partial charge in [0.05, 0.1) is 5.69 Å². The molecule has 0 saturated carbocycles. The van der Waals surface area contributed by atoms with E-state index >= 15 is 0 Å². The molecule has 1 unspecified atom stereocenters. The number of aromatic nitrogens is 1. The molecule has 1 aromatic rings. The Morgan fingerprint density at radius 3 is 2.53 bits per heavy atom. The summed E-state index contributed by atoms with van der Waals surface area (Å²) in [5, 5.41) is 3.58. The van der Waals surface area contributed by atoms with Crippen LogP contribution >= 0.6 is 0 Å². The van der Waals surface area contributed by atoms with E-state index in [2.05, 4.69) is 37.1 Å². The average molecular weight is 262 g/mol. The molecule has 0 aliphatic rings. The van der Waals surface area contributed by atoms with E-state index in [-0.39, 0.29) is 0 Å². The number of aryl methyl sites for hydroxylation is 1. The molecule has 19 heavy (non-hydrogen) atoms. The van der Waals surface area contributed by atoms with Crippen LogP contribution in [-0.4, -0.2) is 11.5 Å². The maximum absolute atomic E-state index is 4.56. The first-order valence-corrected chi connectivity index (χ1v) is 7.94. The molecule has 1 atom stereocenters. The molecule has 108 valence electrons. The Bertz CT molecular complexity index is 336. The summed E-state index contributed by atoms with van der Waals surface area (Å²) in [6.45, 7) is 7.61. The van der Waals surface area contributed by atoms with Crippen LogP contribution in [0.5, 0.6) is 0 Å². The molecule has 0 fully saturated rings. The van der Waals surface area contributed by atoms with Crippen LogP contribution in [0.3, 0.4) is 0 Å². The van der Waals surface area contributed by atoms with E-state index in [1.165, 1.54) is 56.2 Å². The molecule has 0 bridgehead atoms. The number of nitrogens with one attached hydrogen (secondary N) is 1. The highest BCUT2D eigenvalue weighted by Crippen LogP contribution is 2.21. The summed E-state index contributed by atoms with van der Waals surface area (Å²) in [6.07, 6.45) is 11.3. The molecule has 0 aliphatic heterocycles. The van der Waals surface area contributed by atoms with Crippen molar-refractivity contribution in [1.29, 1.82) is 0 Å². The number of rotatable bonds is 10. The van der Waals surface area contributed by atoms with Gasteiger partial charge in [-0.1, -0.05) is 58.4 Å². The maximum Gasteiger partial charge on any atom is 0.0602 e. The summed E-state index contributed by atoms with van der Waals surface area (Å²) in [5.41, 5.74) is 2.54. The zero-order chi connectivity index (χ0) is 13.9. The van der Waals surface area contributed by atoms with Crippen LogP contribution in [0, 0.1) is 6.92 Å². The highest BCUT2D eigenvalue weighted by molar-refractivity contribution is 5.20. The lowest BCUT2D eigenvalue weighted by molar-refractivity contribution is 0.467. The Hall–Kier alpha value is -0.890. The number of unbranched alkanes of at least 4 members (excludes halogenated alkanes) is 5. The van der Waals surface area contributed by atoms with Crippen molar-refractivity contribution in [3.63, 3.8) is 0 Å². The summed E-state index contributed by atoms with van der Waals surface area (Å²) in [5.74, 6) is 0. The van der Waals surface area contributed by atoms with Crippen molar-refractivity contribution < 1.29 is 0 Å². The van der Waals surface area contributed by atoms with Gasteiger partial charge in [0, 0.05) is 12.2 Å². The molecule has 0 spiro atoms. The normalized spacial score (nSPS) is 12.6. The molecule has 2 nitrogen and oxygen atoms in total. The highest BCUT2D eigenvalue weighted by atomic mass is 14.9. The SMILES string of the molecule is CCCCCCCCC(NCC)c1ncccc1C. The van der Waals surface area contributed by atoms with E-state index in [4.69, 9.17) is 0 Å². The molecular formula is C17H30N2. The summed E-state index contributed by atoms with van der Waals surface area (Å²) in [6, 6.07) is 4.61. The first kappa shape index (κ1) is 16.2. The van der Waals surface area contributed by atoms with Crippen LogP contribution in [0.2, 0.25) is 0 Å². The van der Waals surface area contributed by atoms with E-state index in [0.717, 1.165) is 6.54 Å². The molecule has 0 aliphatic carbocycles. The van der Waals surface area contributed by atoms with Crippen LogP contribution in [0.15, 0.2) is 18.3 Å². The molecule has 0 amide bonds. The van der Waals surface area contributed by atoms with Crippen molar-refractivity contribution in [2.75, 3.05) is 6.54 Å². The largest absolute Gasteiger partial charge is 0.309 e. The second kappa shape index (κ2) is 9.96. The van der Waals surface area contributed by atoms with Crippen molar-refractivity contribution in [2.45, 2.75) is 71.8 Å². The van der Waals surface area contributed by atoms with Crippen molar-refractivity contribution >= 4 is 0 Å². The topological polar surface area (TPSA) is 24.9 Å². The number of pyridine rings is 1.